The summed E-state index contributed by atoms with van der Waals surface area (Å²) in [5.41, 5.74) is 6.60. The first kappa shape index (κ1) is 14.9. The Bertz CT molecular complexity index is 651. The van der Waals surface area contributed by atoms with Crippen molar-refractivity contribution in [3.05, 3.63) is 40.8 Å². The first-order valence-corrected chi connectivity index (χ1v) is 7.66. The maximum atomic E-state index is 12.6. The number of thiophene rings is 1. The number of nitrogens with zero attached hydrogens (tertiary/aromatic N) is 1. The predicted molar refractivity (Wildman–Crippen MR) is 87.6 cm³/mol. The number of nitrogens with two attached hydrogens (primary N) is 1. The summed E-state index contributed by atoms with van der Waals surface area (Å²) in [6.45, 7) is 6.94. The van der Waals surface area contributed by atoms with Crippen LogP contribution in [0.1, 0.15) is 23.0 Å². The van der Waals surface area contributed by atoms with E-state index in [1.165, 1.54) is 11.3 Å². The molecule has 0 aliphatic heterocycles. The molecule has 0 atom stereocenters. The van der Waals surface area contributed by atoms with Gasteiger partial charge in [0.2, 0.25) is 0 Å². The lowest BCUT2D eigenvalue weighted by Crippen LogP contribution is -2.31. The second-order valence-corrected chi connectivity index (χ2v) is 5.96. The lowest BCUT2D eigenvalue weighted by atomic mass is 10.2. The van der Waals surface area contributed by atoms with Gasteiger partial charge < -0.3 is 10.6 Å². The molecule has 2 rings (SSSR count). The smallest absolute Gasteiger partial charge is 0.266 e. The molecule has 0 unspecified atom stereocenters. The highest BCUT2D eigenvalue weighted by Crippen LogP contribution is 2.38. The fraction of sp³-hybridized carbons (Fsp3) is 0.267. The van der Waals surface area contributed by atoms with E-state index in [1.54, 1.807) is 17.0 Å². The van der Waals surface area contributed by atoms with E-state index >= 15 is 0 Å². The maximum absolute atomic E-state index is 12.6. The summed E-state index contributed by atoms with van der Waals surface area (Å²) in [5.74, 6) is -0.0542. The lowest BCUT2D eigenvalue weighted by molar-refractivity contribution is 0.0780. The van der Waals surface area contributed by atoms with Gasteiger partial charge in [0.25, 0.3) is 5.91 Å². The van der Waals surface area contributed by atoms with Gasteiger partial charge in [-0.25, -0.2) is 0 Å². The minimum Gasteiger partial charge on any atom is -0.397 e. The predicted octanol–water partition coefficient (Wildman–Crippen LogP) is 4.18. The quantitative estimate of drug-likeness (QED) is 0.842. The van der Waals surface area contributed by atoms with E-state index in [0.29, 0.717) is 28.7 Å². The summed E-state index contributed by atoms with van der Waals surface area (Å²) in [6, 6.07) is 5.58. The molecule has 1 aromatic heterocycles. The molecule has 0 saturated heterocycles. The molecule has 0 aliphatic carbocycles. The van der Waals surface area contributed by atoms with Crippen LogP contribution in [0.15, 0.2) is 30.9 Å². The van der Waals surface area contributed by atoms with Crippen molar-refractivity contribution in [1.82, 2.24) is 4.90 Å². The molecule has 1 aromatic carbocycles. The van der Waals surface area contributed by atoms with Crippen molar-refractivity contribution >= 4 is 44.6 Å². The molecule has 0 spiro atoms. The second-order valence-electron chi connectivity index (χ2n) is 4.50. The van der Waals surface area contributed by atoms with Gasteiger partial charge in [-0.2, -0.15) is 0 Å². The number of anilines is 1. The van der Waals surface area contributed by atoms with Gasteiger partial charge in [-0.15, -0.1) is 17.9 Å². The molecular weight excluding hydrogens is 292 g/mol. The third kappa shape index (κ3) is 2.67. The average Bonchev–Trinajstić information content (AvgIpc) is 2.76. The highest BCUT2D eigenvalue weighted by Gasteiger charge is 2.21. The maximum Gasteiger partial charge on any atom is 0.266 e. The van der Waals surface area contributed by atoms with Crippen LogP contribution >= 0.6 is 22.9 Å². The Morgan fingerprint density at radius 2 is 2.30 bits per heavy atom. The molecule has 1 amide bonds. The number of nitrogen functional groups attached to an aromatic ring is 1. The molecule has 0 aliphatic rings. The third-order valence-electron chi connectivity index (χ3n) is 3.03. The highest BCUT2D eigenvalue weighted by atomic mass is 35.5. The van der Waals surface area contributed by atoms with Crippen LogP contribution < -0.4 is 5.73 Å². The minimum absolute atomic E-state index is 0.0542. The summed E-state index contributed by atoms with van der Waals surface area (Å²) >= 11 is 7.56. The first-order chi connectivity index (χ1) is 9.60. The SMILES string of the molecule is C=CCN(CCC)C(=O)c1sc2cccc(Cl)c2c1N. The zero-order valence-electron chi connectivity index (χ0n) is 11.4. The summed E-state index contributed by atoms with van der Waals surface area (Å²) in [5, 5.41) is 1.36. The number of benzene rings is 1. The number of rotatable bonds is 5. The van der Waals surface area contributed by atoms with Gasteiger partial charge in [0, 0.05) is 23.2 Å². The zero-order valence-corrected chi connectivity index (χ0v) is 12.9. The van der Waals surface area contributed by atoms with Crippen LogP contribution in [0.25, 0.3) is 10.1 Å². The van der Waals surface area contributed by atoms with Crippen LogP contribution in [0.2, 0.25) is 5.02 Å². The molecule has 5 heteroatoms. The molecule has 0 fully saturated rings. The number of carbonyl (C=O) groups is 1. The molecule has 0 saturated carbocycles. The number of hydrogen-bond donors (Lipinski definition) is 1. The van der Waals surface area contributed by atoms with E-state index < -0.39 is 0 Å². The minimum atomic E-state index is -0.0542. The average molecular weight is 309 g/mol. The van der Waals surface area contributed by atoms with Crippen molar-refractivity contribution in [2.45, 2.75) is 13.3 Å². The van der Waals surface area contributed by atoms with Crippen LogP contribution in [0, 0.1) is 0 Å². The molecule has 2 aromatic rings. The van der Waals surface area contributed by atoms with E-state index in [4.69, 9.17) is 17.3 Å². The molecule has 20 heavy (non-hydrogen) atoms. The lowest BCUT2D eigenvalue weighted by Gasteiger charge is -2.19. The molecule has 106 valence electrons. The monoisotopic (exact) mass is 308 g/mol. The van der Waals surface area contributed by atoms with E-state index in [2.05, 4.69) is 6.58 Å². The van der Waals surface area contributed by atoms with Crippen molar-refractivity contribution in [3.63, 3.8) is 0 Å². The summed E-state index contributed by atoms with van der Waals surface area (Å²) in [7, 11) is 0. The van der Waals surface area contributed by atoms with Gasteiger partial charge in [-0.3, -0.25) is 4.79 Å². The summed E-state index contributed by atoms with van der Waals surface area (Å²) < 4.78 is 0.938. The van der Waals surface area contributed by atoms with Crippen LogP contribution in [0.5, 0.6) is 0 Å². The van der Waals surface area contributed by atoms with Gasteiger partial charge in [-0.1, -0.05) is 30.7 Å². The molecule has 2 N–H and O–H groups in total. The number of carbonyl (C=O) groups excluding carboxylic acids is 1. The van der Waals surface area contributed by atoms with Gasteiger partial charge in [0.1, 0.15) is 4.88 Å². The second kappa shape index (κ2) is 6.29. The number of halogens is 1. The Hall–Kier alpha value is -1.52. The Morgan fingerprint density at radius 1 is 1.55 bits per heavy atom. The fourth-order valence-corrected chi connectivity index (χ4v) is 3.58. The van der Waals surface area contributed by atoms with Crippen LogP contribution in [0.4, 0.5) is 5.69 Å². The largest absolute Gasteiger partial charge is 0.397 e. The molecule has 1 heterocycles. The van der Waals surface area contributed by atoms with Gasteiger partial charge in [0.15, 0.2) is 0 Å². The number of amides is 1. The zero-order chi connectivity index (χ0) is 14.7. The Kier molecular flexibility index (Phi) is 4.68. The van der Waals surface area contributed by atoms with Crippen LogP contribution in [-0.4, -0.2) is 23.9 Å². The Morgan fingerprint density at radius 3 is 2.90 bits per heavy atom. The number of hydrogen-bond acceptors (Lipinski definition) is 3. The van der Waals surface area contributed by atoms with Gasteiger partial charge >= 0.3 is 0 Å². The molecule has 0 bridgehead atoms. The van der Waals surface area contributed by atoms with E-state index in [1.807, 2.05) is 19.1 Å². The van der Waals surface area contributed by atoms with Crippen LogP contribution in [0.3, 0.4) is 0 Å². The van der Waals surface area contributed by atoms with E-state index in [-0.39, 0.29) is 5.91 Å². The molecule has 0 radical (unpaired) electrons. The van der Waals surface area contributed by atoms with Crippen LogP contribution in [-0.2, 0) is 0 Å². The Balaban J connectivity index is 2.46. The first-order valence-electron chi connectivity index (χ1n) is 6.46. The van der Waals surface area contributed by atoms with Gasteiger partial charge in [-0.05, 0) is 18.6 Å². The van der Waals surface area contributed by atoms with Crippen molar-refractivity contribution in [1.29, 1.82) is 0 Å². The topological polar surface area (TPSA) is 46.3 Å². The molecule has 3 nitrogen and oxygen atoms in total. The fourth-order valence-electron chi connectivity index (χ4n) is 2.13. The summed E-state index contributed by atoms with van der Waals surface area (Å²) in [4.78, 5) is 14.9. The normalized spacial score (nSPS) is 10.7. The standard InChI is InChI=1S/C15H17ClN2OS/c1-3-8-18(9-4-2)15(19)14-13(17)12-10(16)6-5-7-11(12)20-14/h3,5-7H,1,4,8-9,17H2,2H3. The van der Waals surface area contributed by atoms with Crippen molar-refractivity contribution < 1.29 is 4.79 Å². The van der Waals surface area contributed by atoms with Crippen molar-refractivity contribution in [2.24, 2.45) is 0 Å². The number of fused-ring (bicyclic) bond motifs is 1. The summed E-state index contributed by atoms with van der Waals surface area (Å²) in [6.07, 6.45) is 2.62. The highest BCUT2D eigenvalue weighted by molar-refractivity contribution is 7.21. The third-order valence-corrected chi connectivity index (χ3v) is 4.50. The van der Waals surface area contributed by atoms with Gasteiger partial charge in [0.05, 0.1) is 10.7 Å². The van der Waals surface area contributed by atoms with Crippen molar-refractivity contribution in [3.8, 4) is 0 Å². The van der Waals surface area contributed by atoms with E-state index in [0.717, 1.165) is 16.5 Å². The molecular formula is C15H17ClN2OS. The van der Waals surface area contributed by atoms with Crippen molar-refractivity contribution in [2.75, 3.05) is 18.8 Å². The van der Waals surface area contributed by atoms with E-state index in [9.17, 15) is 4.79 Å². The Labute approximate surface area is 127 Å².